The number of hydrogen-bond acceptors (Lipinski definition) is 9. The molecule has 0 radical (unpaired) electrons. The Kier molecular flexibility index (Phi) is 8.77. The van der Waals surface area contributed by atoms with Gasteiger partial charge in [-0.25, -0.2) is 13.2 Å². The van der Waals surface area contributed by atoms with E-state index in [-0.39, 0.29) is 34.8 Å². The quantitative estimate of drug-likeness (QED) is 0.297. The van der Waals surface area contributed by atoms with Crippen molar-refractivity contribution in [2.75, 3.05) is 6.61 Å². The lowest BCUT2D eigenvalue weighted by molar-refractivity contribution is -0.156. The predicted molar refractivity (Wildman–Crippen MR) is 136 cm³/mol. The van der Waals surface area contributed by atoms with Crippen molar-refractivity contribution in [2.45, 2.75) is 56.6 Å². The van der Waals surface area contributed by atoms with Gasteiger partial charge in [0.25, 0.3) is 0 Å². The van der Waals surface area contributed by atoms with E-state index in [0.717, 1.165) is 0 Å². The summed E-state index contributed by atoms with van der Waals surface area (Å²) < 4.78 is 48.1. The van der Waals surface area contributed by atoms with Crippen LogP contribution in [0.4, 0.5) is 0 Å². The normalized spacial score (nSPS) is 12.6. The van der Waals surface area contributed by atoms with Crippen LogP contribution in [0.2, 0.25) is 0 Å². The number of esters is 2. The van der Waals surface area contributed by atoms with Crippen molar-refractivity contribution in [3.8, 4) is 16.9 Å². The van der Waals surface area contributed by atoms with Crippen LogP contribution in [0.25, 0.3) is 11.1 Å². The Balaban J connectivity index is 2.09. The SMILES string of the molecule is CCOC(=O)c1c(CS(=O)(=O)c2ccccc2)ccc(-c2ccoc2)c1OC(N)CC(=O)OC(C)(C)C. The second-order valence-corrected chi connectivity index (χ2v) is 11.2. The van der Waals surface area contributed by atoms with Crippen LogP contribution >= 0.6 is 0 Å². The third-order valence-corrected chi connectivity index (χ3v) is 6.74. The van der Waals surface area contributed by atoms with E-state index in [2.05, 4.69) is 0 Å². The molecule has 1 atom stereocenters. The standard InChI is InChI=1S/C27H31NO8S/c1-5-34-26(30)24-19(17-37(31,32)20-9-7-6-8-10-20)11-12-21(18-13-14-33-16-18)25(24)35-22(28)15-23(29)36-27(2,3)4/h6-14,16,22H,5,15,17,28H2,1-4H3. The van der Waals surface area contributed by atoms with Gasteiger partial charge in [-0.2, -0.15) is 0 Å². The van der Waals surface area contributed by atoms with Crippen LogP contribution in [0.3, 0.4) is 0 Å². The number of nitrogens with two attached hydrogens (primary N) is 1. The van der Waals surface area contributed by atoms with E-state index in [1.165, 1.54) is 30.7 Å². The van der Waals surface area contributed by atoms with Crippen molar-refractivity contribution in [3.63, 3.8) is 0 Å². The minimum atomic E-state index is -3.82. The van der Waals surface area contributed by atoms with E-state index in [1.807, 2.05) is 0 Å². The van der Waals surface area contributed by atoms with Crippen LogP contribution in [-0.4, -0.2) is 38.8 Å². The van der Waals surface area contributed by atoms with Gasteiger partial charge in [-0.3, -0.25) is 10.5 Å². The fourth-order valence-corrected chi connectivity index (χ4v) is 4.98. The summed E-state index contributed by atoms with van der Waals surface area (Å²) in [6, 6.07) is 12.7. The molecule has 0 aliphatic heterocycles. The predicted octanol–water partition coefficient (Wildman–Crippen LogP) is 4.49. The molecule has 3 rings (SSSR count). The maximum atomic E-state index is 13.2. The molecular formula is C27H31NO8S. The van der Waals surface area contributed by atoms with Crippen molar-refractivity contribution in [2.24, 2.45) is 5.73 Å². The molecule has 0 spiro atoms. The first-order chi connectivity index (χ1) is 17.4. The van der Waals surface area contributed by atoms with Gasteiger partial charge in [0, 0.05) is 11.1 Å². The second-order valence-electron chi connectivity index (χ2n) is 9.23. The lowest BCUT2D eigenvalue weighted by Gasteiger charge is -2.23. The van der Waals surface area contributed by atoms with Gasteiger partial charge < -0.3 is 18.6 Å². The Bertz CT molecular complexity index is 1330. The van der Waals surface area contributed by atoms with Crippen LogP contribution in [0.1, 0.15) is 50.0 Å². The Morgan fingerprint density at radius 2 is 1.76 bits per heavy atom. The zero-order valence-corrected chi connectivity index (χ0v) is 22.0. The van der Waals surface area contributed by atoms with E-state index in [4.69, 9.17) is 24.4 Å². The summed E-state index contributed by atoms with van der Waals surface area (Å²) in [6.45, 7) is 6.85. The van der Waals surface area contributed by atoms with Crippen LogP contribution in [0, 0.1) is 0 Å². The van der Waals surface area contributed by atoms with Gasteiger partial charge in [0.15, 0.2) is 16.1 Å². The number of benzene rings is 2. The fourth-order valence-electron chi connectivity index (χ4n) is 3.59. The molecule has 1 unspecified atom stereocenters. The summed E-state index contributed by atoms with van der Waals surface area (Å²) in [5, 5.41) is 0. The summed E-state index contributed by atoms with van der Waals surface area (Å²) in [4.78, 5) is 25.6. The summed E-state index contributed by atoms with van der Waals surface area (Å²) in [5.74, 6) is -1.89. The van der Waals surface area contributed by atoms with Crippen molar-refractivity contribution in [1.82, 2.24) is 0 Å². The van der Waals surface area contributed by atoms with Crippen LogP contribution in [0.15, 0.2) is 70.4 Å². The van der Waals surface area contributed by atoms with E-state index in [9.17, 15) is 18.0 Å². The lowest BCUT2D eigenvalue weighted by atomic mass is 9.99. The first kappa shape index (κ1) is 27.9. The summed E-state index contributed by atoms with van der Waals surface area (Å²) in [6.07, 6.45) is 1.38. The first-order valence-electron chi connectivity index (χ1n) is 11.7. The molecule has 10 heteroatoms. The van der Waals surface area contributed by atoms with E-state index >= 15 is 0 Å². The summed E-state index contributed by atoms with van der Waals surface area (Å²) in [7, 11) is -3.82. The number of carbonyl (C=O) groups excluding carboxylic acids is 2. The molecule has 1 aromatic heterocycles. The Hall–Kier alpha value is -3.63. The molecule has 9 nitrogen and oxygen atoms in total. The summed E-state index contributed by atoms with van der Waals surface area (Å²) >= 11 is 0. The third-order valence-electron chi connectivity index (χ3n) is 5.06. The molecule has 0 saturated carbocycles. The number of furan rings is 1. The Morgan fingerprint density at radius 3 is 2.35 bits per heavy atom. The molecule has 1 heterocycles. The molecule has 2 aromatic carbocycles. The van der Waals surface area contributed by atoms with Crippen LogP contribution in [-0.2, 0) is 29.9 Å². The van der Waals surface area contributed by atoms with Gasteiger partial charge in [-0.1, -0.05) is 30.3 Å². The van der Waals surface area contributed by atoms with Crippen molar-refractivity contribution < 1.29 is 36.6 Å². The molecule has 198 valence electrons. The minimum absolute atomic E-state index is 0.0170. The molecule has 0 fully saturated rings. The molecule has 3 aromatic rings. The van der Waals surface area contributed by atoms with Crippen LogP contribution in [0.5, 0.6) is 5.75 Å². The highest BCUT2D eigenvalue weighted by molar-refractivity contribution is 7.90. The molecule has 2 N–H and O–H groups in total. The number of hydrogen-bond donors (Lipinski definition) is 1. The van der Waals surface area contributed by atoms with E-state index in [1.54, 1.807) is 58.0 Å². The molecule has 37 heavy (non-hydrogen) atoms. The second kappa shape index (κ2) is 11.6. The summed E-state index contributed by atoms with van der Waals surface area (Å²) in [5.41, 5.74) is 6.46. The average molecular weight is 530 g/mol. The van der Waals surface area contributed by atoms with Gasteiger partial charge in [0.1, 0.15) is 16.9 Å². The number of carbonyl (C=O) groups is 2. The zero-order chi connectivity index (χ0) is 27.2. The smallest absolute Gasteiger partial charge is 0.342 e. The van der Waals surface area contributed by atoms with Gasteiger partial charge in [0.2, 0.25) is 0 Å². The van der Waals surface area contributed by atoms with Gasteiger partial charge in [-0.05, 0) is 51.5 Å². The molecule has 0 saturated heterocycles. The zero-order valence-electron chi connectivity index (χ0n) is 21.2. The minimum Gasteiger partial charge on any atom is -0.473 e. The monoisotopic (exact) mass is 529 g/mol. The fraction of sp³-hybridized carbons (Fsp3) is 0.333. The van der Waals surface area contributed by atoms with Crippen molar-refractivity contribution in [1.29, 1.82) is 0 Å². The number of ether oxygens (including phenoxy) is 3. The van der Waals surface area contributed by atoms with E-state index in [0.29, 0.717) is 11.1 Å². The molecule has 0 bridgehead atoms. The maximum Gasteiger partial charge on any atom is 0.342 e. The molecule has 0 aliphatic carbocycles. The third kappa shape index (κ3) is 7.43. The topological polar surface area (TPSA) is 135 Å². The first-order valence-corrected chi connectivity index (χ1v) is 13.3. The molecule has 0 amide bonds. The Labute approximate surface area is 216 Å². The van der Waals surface area contributed by atoms with Crippen molar-refractivity contribution >= 4 is 21.8 Å². The van der Waals surface area contributed by atoms with Gasteiger partial charge in [0.05, 0.1) is 36.2 Å². The average Bonchev–Trinajstić information content (AvgIpc) is 3.33. The molecular weight excluding hydrogens is 498 g/mol. The maximum absolute atomic E-state index is 13.2. The number of sulfone groups is 1. The number of rotatable bonds is 10. The molecule has 0 aliphatic rings. The Morgan fingerprint density at radius 1 is 1.05 bits per heavy atom. The highest BCUT2D eigenvalue weighted by atomic mass is 32.2. The lowest BCUT2D eigenvalue weighted by Crippen LogP contribution is -2.34. The van der Waals surface area contributed by atoms with Crippen LogP contribution < -0.4 is 10.5 Å². The highest BCUT2D eigenvalue weighted by Crippen LogP contribution is 2.38. The van der Waals surface area contributed by atoms with Gasteiger partial charge in [-0.15, -0.1) is 0 Å². The highest BCUT2D eigenvalue weighted by Gasteiger charge is 2.29. The van der Waals surface area contributed by atoms with Crippen molar-refractivity contribution in [3.05, 3.63) is 72.2 Å². The van der Waals surface area contributed by atoms with Gasteiger partial charge >= 0.3 is 11.9 Å². The van der Waals surface area contributed by atoms with E-state index < -0.39 is 39.4 Å². The largest absolute Gasteiger partial charge is 0.473 e.